The van der Waals surface area contributed by atoms with Crippen LogP contribution >= 0.6 is 0 Å². The Morgan fingerprint density at radius 2 is 1.73 bits per heavy atom. The van der Waals surface area contributed by atoms with Crippen LogP contribution in [0.15, 0.2) is 4.99 Å². The Morgan fingerprint density at radius 3 is 2.40 bits per heavy atom. The maximum atomic E-state index is 12.1. The van der Waals surface area contributed by atoms with Crippen LogP contribution in [0.2, 0.25) is 0 Å². The number of morpholine rings is 1. The van der Waals surface area contributed by atoms with Gasteiger partial charge in [-0.25, -0.2) is 4.99 Å². The van der Waals surface area contributed by atoms with Crippen molar-refractivity contribution in [3.05, 3.63) is 0 Å². The molecule has 0 aromatic rings. The average Bonchev–Trinajstić information content (AvgIpc) is 2.79. The number of nitrogens with zero attached hydrogens (tertiary/aromatic N) is 5. The second-order valence-corrected chi connectivity index (χ2v) is 8.98. The molecule has 2 aliphatic heterocycles. The van der Waals surface area contributed by atoms with Gasteiger partial charge in [0.05, 0.1) is 13.2 Å². The molecular formula is C22H42N6O2. The van der Waals surface area contributed by atoms with Crippen LogP contribution in [0.25, 0.3) is 0 Å². The van der Waals surface area contributed by atoms with Crippen molar-refractivity contribution in [2.75, 3.05) is 86.2 Å². The molecule has 0 spiro atoms. The predicted octanol–water partition coefficient (Wildman–Crippen LogP) is 0.693. The molecule has 1 N–H and O–H groups in total. The third-order valence-corrected chi connectivity index (χ3v) is 6.61. The van der Waals surface area contributed by atoms with Gasteiger partial charge in [0.2, 0.25) is 5.91 Å². The van der Waals surface area contributed by atoms with Crippen molar-refractivity contribution >= 4 is 11.9 Å². The van der Waals surface area contributed by atoms with Gasteiger partial charge in [0, 0.05) is 66.0 Å². The Kier molecular flexibility index (Phi) is 9.68. The van der Waals surface area contributed by atoms with E-state index in [9.17, 15) is 4.79 Å². The average molecular weight is 423 g/mol. The van der Waals surface area contributed by atoms with E-state index in [-0.39, 0.29) is 12.5 Å². The minimum atomic E-state index is 0.0449. The largest absolute Gasteiger partial charge is 0.379 e. The van der Waals surface area contributed by atoms with Gasteiger partial charge < -0.3 is 19.9 Å². The minimum Gasteiger partial charge on any atom is -0.379 e. The fraction of sp³-hybridized carbons (Fsp3) is 0.909. The van der Waals surface area contributed by atoms with E-state index in [2.05, 4.69) is 25.0 Å². The van der Waals surface area contributed by atoms with Gasteiger partial charge in [-0.3, -0.25) is 14.6 Å². The molecule has 2 heterocycles. The molecule has 0 aromatic carbocycles. The highest BCUT2D eigenvalue weighted by Crippen LogP contribution is 2.23. The summed E-state index contributed by atoms with van der Waals surface area (Å²) in [5.41, 5.74) is 0. The molecule has 0 unspecified atom stereocenters. The molecule has 30 heavy (non-hydrogen) atoms. The van der Waals surface area contributed by atoms with E-state index in [0.717, 1.165) is 84.0 Å². The van der Waals surface area contributed by atoms with Crippen LogP contribution in [0, 0.1) is 0 Å². The highest BCUT2D eigenvalue weighted by Gasteiger charge is 2.26. The number of hydrogen-bond acceptors (Lipinski definition) is 5. The number of aliphatic imine (C=N–C) groups is 1. The van der Waals surface area contributed by atoms with Crippen molar-refractivity contribution in [1.29, 1.82) is 0 Å². The zero-order valence-electron chi connectivity index (χ0n) is 19.2. The Labute approximate surface area is 182 Å². The number of piperazine rings is 1. The molecule has 3 fully saturated rings. The van der Waals surface area contributed by atoms with Crippen LogP contribution in [-0.2, 0) is 9.53 Å². The number of amides is 1. The van der Waals surface area contributed by atoms with E-state index in [0.29, 0.717) is 0 Å². The third kappa shape index (κ3) is 7.39. The monoisotopic (exact) mass is 422 g/mol. The normalized spacial score (nSPS) is 22.9. The Hall–Kier alpha value is -1.38. The topological polar surface area (TPSA) is 63.7 Å². The predicted molar refractivity (Wildman–Crippen MR) is 121 cm³/mol. The summed E-state index contributed by atoms with van der Waals surface area (Å²) in [7, 11) is 3.58. The van der Waals surface area contributed by atoms with Gasteiger partial charge >= 0.3 is 0 Å². The lowest BCUT2D eigenvalue weighted by Gasteiger charge is -2.41. The first-order valence-electron chi connectivity index (χ1n) is 11.9. The van der Waals surface area contributed by atoms with Crippen molar-refractivity contribution in [2.24, 2.45) is 4.99 Å². The van der Waals surface area contributed by atoms with E-state index in [1.807, 2.05) is 0 Å². The first-order valence-corrected chi connectivity index (χ1v) is 11.9. The summed E-state index contributed by atoms with van der Waals surface area (Å²) in [6.07, 6.45) is 7.96. The second-order valence-electron chi connectivity index (χ2n) is 8.98. The van der Waals surface area contributed by atoms with Crippen LogP contribution in [0.4, 0.5) is 0 Å². The molecule has 1 aliphatic carbocycles. The fourth-order valence-corrected chi connectivity index (χ4v) is 4.62. The molecule has 2 saturated heterocycles. The van der Waals surface area contributed by atoms with Crippen LogP contribution in [0.1, 0.15) is 38.5 Å². The summed E-state index contributed by atoms with van der Waals surface area (Å²) in [6.45, 7) is 10.1. The number of rotatable bonds is 7. The van der Waals surface area contributed by atoms with Gasteiger partial charge in [-0.2, -0.15) is 0 Å². The Balaban J connectivity index is 1.47. The molecule has 0 aromatic heterocycles. The zero-order chi connectivity index (χ0) is 21.2. The summed E-state index contributed by atoms with van der Waals surface area (Å²) in [4.78, 5) is 25.8. The summed E-state index contributed by atoms with van der Waals surface area (Å²) in [5, 5.41) is 3.55. The molecule has 8 nitrogen and oxygen atoms in total. The maximum absolute atomic E-state index is 12.1. The van der Waals surface area contributed by atoms with E-state index in [1.54, 1.807) is 19.0 Å². The van der Waals surface area contributed by atoms with Crippen LogP contribution in [-0.4, -0.2) is 124 Å². The highest BCUT2D eigenvalue weighted by atomic mass is 16.5. The molecule has 3 aliphatic rings. The number of carbonyl (C=O) groups is 1. The molecule has 1 saturated carbocycles. The van der Waals surface area contributed by atoms with E-state index < -0.39 is 0 Å². The zero-order valence-corrected chi connectivity index (χ0v) is 19.2. The van der Waals surface area contributed by atoms with Crippen molar-refractivity contribution < 1.29 is 9.53 Å². The maximum Gasteiger partial charge on any atom is 0.243 e. The summed E-state index contributed by atoms with van der Waals surface area (Å²) in [5.74, 6) is 0.943. The Bertz CT molecular complexity index is 536. The highest BCUT2D eigenvalue weighted by molar-refractivity contribution is 5.84. The first kappa shape index (κ1) is 23.3. The van der Waals surface area contributed by atoms with Gasteiger partial charge in [0.25, 0.3) is 0 Å². The van der Waals surface area contributed by atoms with Crippen LogP contribution < -0.4 is 5.32 Å². The molecule has 8 heteroatoms. The summed E-state index contributed by atoms with van der Waals surface area (Å²) < 4.78 is 5.43. The molecule has 172 valence electrons. The first-order chi connectivity index (χ1) is 14.6. The SMILES string of the molecule is CN(C)C(=O)CN=C(NCCCN1CCOCC1)N1CCN(C2CCCCC2)CC1. The fourth-order valence-electron chi connectivity index (χ4n) is 4.62. The van der Waals surface area contributed by atoms with E-state index in [4.69, 9.17) is 4.74 Å². The molecule has 0 atom stereocenters. The Morgan fingerprint density at radius 1 is 1.03 bits per heavy atom. The molecular weight excluding hydrogens is 380 g/mol. The van der Waals surface area contributed by atoms with Gasteiger partial charge in [0.15, 0.2) is 5.96 Å². The van der Waals surface area contributed by atoms with Gasteiger partial charge in [-0.15, -0.1) is 0 Å². The quantitative estimate of drug-likeness (QED) is 0.370. The molecule has 0 radical (unpaired) electrons. The van der Waals surface area contributed by atoms with Crippen LogP contribution in [0.3, 0.4) is 0 Å². The van der Waals surface area contributed by atoms with Crippen LogP contribution in [0.5, 0.6) is 0 Å². The number of nitrogens with one attached hydrogen (secondary N) is 1. The summed E-state index contributed by atoms with van der Waals surface area (Å²) >= 11 is 0. The molecule has 0 bridgehead atoms. The van der Waals surface area contributed by atoms with Crippen molar-refractivity contribution in [3.8, 4) is 0 Å². The molecule has 3 rings (SSSR count). The van der Waals surface area contributed by atoms with Crippen molar-refractivity contribution in [3.63, 3.8) is 0 Å². The number of guanidine groups is 1. The lowest BCUT2D eigenvalue weighted by Crippen LogP contribution is -2.55. The number of hydrogen-bond donors (Lipinski definition) is 1. The van der Waals surface area contributed by atoms with Gasteiger partial charge in [0.1, 0.15) is 6.54 Å². The van der Waals surface area contributed by atoms with E-state index in [1.165, 1.54) is 32.1 Å². The third-order valence-electron chi connectivity index (χ3n) is 6.61. The number of carbonyl (C=O) groups excluding carboxylic acids is 1. The summed E-state index contributed by atoms with van der Waals surface area (Å²) in [6, 6.07) is 0.776. The standard InChI is InChI=1S/C22H42N6O2/c1-25(2)21(29)19-24-22(23-9-6-10-26-15-17-30-18-16-26)28-13-11-27(12-14-28)20-7-4-3-5-8-20/h20H,3-19H2,1-2H3,(H,23,24). The van der Waals surface area contributed by atoms with Gasteiger partial charge in [-0.05, 0) is 25.8 Å². The number of ether oxygens (including phenoxy) is 1. The van der Waals surface area contributed by atoms with E-state index >= 15 is 0 Å². The lowest BCUT2D eigenvalue weighted by atomic mass is 9.94. The molecule has 1 amide bonds. The van der Waals surface area contributed by atoms with Crippen molar-refractivity contribution in [1.82, 2.24) is 24.9 Å². The lowest BCUT2D eigenvalue weighted by molar-refractivity contribution is -0.127. The smallest absolute Gasteiger partial charge is 0.243 e. The van der Waals surface area contributed by atoms with Crippen molar-refractivity contribution in [2.45, 2.75) is 44.6 Å². The minimum absolute atomic E-state index is 0.0449. The number of likely N-dealkylation sites (N-methyl/N-ethyl adjacent to an activating group) is 1. The van der Waals surface area contributed by atoms with Gasteiger partial charge in [-0.1, -0.05) is 19.3 Å². The second kappa shape index (κ2) is 12.5.